The predicted molar refractivity (Wildman–Crippen MR) is 44.6 cm³/mol. The van der Waals surface area contributed by atoms with Crippen LogP contribution in [0.4, 0.5) is 8.78 Å². The van der Waals surface area contributed by atoms with Gasteiger partial charge in [-0.25, -0.2) is 0 Å². The smallest absolute Gasteiger partial charge is 0.266 e. The lowest BCUT2D eigenvalue weighted by atomic mass is 9.99. The standard InChI is InChI=1S/C7H12F2O3S/c1-7(2,3)5-12-13(10,11)4-6(8)9/h4H,5H2,1-3H3. The van der Waals surface area contributed by atoms with Gasteiger partial charge in [0.25, 0.3) is 16.2 Å². The van der Waals surface area contributed by atoms with Gasteiger partial charge in [-0.15, -0.1) is 0 Å². The summed E-state index contributed by atoms with van der Waals surface area (Å²) in [4.78, 5) is 0. The number of hydrogen-bond acceptors (Lipinski definition) is 3. The van der Waals surface area contributed by atoms with Crippen LogP contribution < -0.4 is 0 Å². The molecule has 0 aliphatic rings. The van der Waals surface area contributed by atoms with Crippen LogP contribution in [0.25, 0.3) is 0 Å². The highest BCUT2D eigenvalue weighted by Gasteiger charge is 2.17. The Labute approximate surface area is 76.5 Å². The molecule has 0 saturated heterocycles. The highest BCUT2D eigenvalue weighted by Crippen LogP contribution is 2.15. The molecule has 0 aliphatic heterocycles. The Balaban J connectivity index is 4.31. The van der Waals surface area contributed by atoms with Crippen molar-refractivity contribution in [2.24, 2.45) is 5.41 Å². The van der Waals surface area contributed by atoms with E-state index in [1.165, 1.54) is 0 Å². The maximum Gasteiger partial charge on any atom is 0.295 e. The first-order valence-corrected chi connectivity index (χ1v) is 5.02. The van der Waals surface area contributed by atoms with Gasteiger partial charge in [0.05, 0.1) is 6.61 Å². The molecule has 13 heavy (non-hydrogen) atoms. The van der Waals surface area contributed by atoms with Gasteiger partial charge in [0, 0.05) is 0 Å². The van der Waals surface area contributed by atoms with E-state index in [2.05, 4.69) is 4.18 Å². The topological polar surface area (TPSA) is 43.4 Å². The molecule has 0 aromatic carbocycles. The minimum absolute atomic E-state index is 0.126. The molecule has 0 heterocycles. The Morgan fingerprint density at radius 1 is 1.38 bits per heavy atom. The SMILES string of the molecule is CC(C)(C)COS(=O)(=O)C=C(F)F. The molecule has 78 valence electrons. The molecule has 0 aliphatic carbocycles. The van der Waals surface area contributed by atoms with E-state index in [0.717, 1.165) is 0 Å². The van der Waals surface area contributed by atoms with E-state index in [4.69, 9.17) is 0 Å². The maximum absolute atomic E-state index is 11.6. The van der Waals surface area contributed by atoms with Crippen molar-refractivity contribution in [2.45, 2.75) is 20.8 Å². The van der Waals surface area contributed by atoms with Gasteiger partial charge in [0.15, 0.2) is 0 Å². The van der Waals surface area contributed by atoms with Crippen molar-refractivity contribution in [3.63, 3.8) is 0 Å². The van der Waals surface area contributed by atoms with Crippen LogP contribution in [0.3, 0.4) is 0 Å². The van der Waals surface area contributed by atoms with Crippen molar-refractivity contribution in [2.75, 3.05) is 6.61 Å². The van der Waals surface area contributed by atoms with E-state index in [9.17, 15) is 17.2 Å². The maximum atomic E-state index is 11.6. The molecule has 0 unspecified atom stereocenters. The molecule has 0 rings (SSSR count). The van der Waals surface area contributed by atoms with Gasteiger partial charge < -0.3 is 0 Å². The Hall–Kier alpha value is -0.490. The van der Waals surface area contributed by atoms with E-state index in [1.807, 2.05) is 0 Å². The minimum atomic E-state index is -4.23. The number of halogens is 2. The number of rotatable bonds is 3. The van der Waals surface area contributed by atoms with Crippen molar-refractivity contribution in [1.29, 1.82) is 0 Å². The summed E-state index contributed by atoms with van der Waals surface area (Å²) in [6, 6.07) is 0. The van der Waals surface area contributed by atoms with Crippen LogP contribution in [0, 0.1) is 5.41 Å². The molecular formula is C7H12F2O3S. The molecule has 0 bridgehead atoms. The highest BCUT2D eigenvalue weighted by molar-refractivity contribution is 7.89. The normalized spacial score (nSPS) is 12.7. The van der Waals surface area contributed by atoms with Crippen molar-refractivity contribution in [3.05, 3.63) is 11.5 Å². The monoisotopic (exact) mass is 214 g/mol. The van der Waals surface area contributed by atoms with Crippen molar-refractivity contribution < 1.29 is 21.4 Å². The van der Waals surface area contributed by atoms with Gasteiger partial charge in [0.2, 0.25) is 0 Å². The molecular weight excluding hydrogens is 202 g/mol. The first-order chi connectivity index (χ1) is 5.62. The second kappa shape index (κ2) is 4.15. The van der Waals surface area contributed by atoms with Gasteiger partial charge >= 0.3 is 0 Å². The van der Waals surface area contributed by atoms with Crippen molar-refractivity contribution in [1.82, 2.24) is 0 Å². The summed E-state index contributed by atoms with van der Waals surface area (Å²) in [5.41, 5.74) is -0.381. The lowest BCUT2D eigenvalue weighted by Gasteiger charge is -2.16. The molecule has 0 aromatic rings. The largest absolute Gasteiger partial charge is 0.295 e. The fourth-order valence-corrected chi connectivity index (χ4v) is 1.21. The van der Waals surface area contributed by atoms with Gasteiger partial charge in [-0.2, -0.15) is 17.2 Å². The quantitative estimate of drug-likeness (QED) is 0.676. The van der Waals surface area contributed by atoms with E-state index >= 15 is 0 Å². The predicted octanol–water partition coefficient (Wildman–Crippen LogP) is 2.12. The third-order valence-corrected chi connectivity index (χ3v) is 1.80. The third kappa shape index (κ3) is 7.86. The van der Waals surface area contributed by atoms with Gasteiger partial charge in [-0.05, 0) is 5.41 Å². The molecule has 3 nitrogen and oxygen atoms in total. The summed E-state index contributed by atoms with van der Waals surface area (Å²) >= 11 is 0. The molecule has 0 radical (unpaired) electrons. The Morgan fingerprint density at radius 3 is 2.15 bits per heavy atom. The highest BCUT2D eigenvalue weighted by atomic mass is 32.2. The van der Waals surface area contributed by atoms with Gasteiger partial charge in [-0.3, -0.25) is 4.18 Å². The summed E-state index contributed by atoms with van der Waals surface area (Å²) in [6.07, 6.45) is -2.28. The summed E-state index contributed by atoms with van der Waals surface area (Å²) < 4.78 is 48.8. The first kappa shape index (κ1) is 12.5. The van der Waals surface area contributed by atoms with E-state index in [0.29, 0.717) is 0 Å². The van der Waals surface area contributed by atoms with Gasteiger partial charge in [0.1, 0.15) is 5.41 Å². The van der Waals surface area contributed by atoms with Gasteiger partial charge in [-0.1, -0.05) is 20.8 Å². The summed E-state index contributed by atoms with van der Waals surface area (Å²) in [5, 5.41) is -0.196. The Bertz CT molecular complexity index is 283. The summed E-state index contributed by atoms with van der Waals surface area (Å²) in [5.74, 6) is 0. The minimum Gasteiger partial charge on any atom is -0.266 e. The summed E-state index contributed by atoms with van der Waals surface area (Å²) in [7, 11) is -4.23. The molecule has 0 N–H and O–H groups in total. The van der Waals surface area contributed by atoms with Crippen LogP contribution in [-0.2, 0) is 14.3 Å². The second-order valence-electron chi connectivity index (χ2n) is 3.72. The fraction of sp³-hybridized carbons (Fsp3) is 0.714. The van der Waals surface area contributed by atoms with Crippen LogP contribution in [0.1, 0.15) is 20.8 Å². The zero-order chi connectivity index (χ0) is 10.7. The van der Waals surface area contributed by atoms with E-state index < -0.39 is 16.2 Å². The Kier molecular flexibility index (Phi) is 3.99. The molecule has 0 amide bonds. The molecule has 0 saturated carbocycles. The van der Waals surface area contributed by atoms with Crippen LogP contribution in [0.5, 0.6) is 0 Å². The van der Waals surface area contributed by atoms with Crippen LogP contribution in [0.15, 0.2) is 11.5 Å². The van der Waals surface area contributed by atoms with Crippen LogP contribution in [-0.4, -0.2) is 15.0 Å². The lowest BCUT2D eigenvalue weighted by molar-refractivity contribution is 0.206. The fourth-order valence-electron chi connectivity index (χ4n) is 0.402. The molecule has 6 heteroatoms. The molecule has 0 aromatic heterocycles. The van der Waals surface area contributed by atoms with Crippen LogP contribution in [0.2, 0.25) is 0 Å². The summed E-state index contributed by atoms with van der Waals surface area (Å²) in [6.45, 7) is 5.08. The van der Waals surface area contributed by atoms with E-state index in [-0.39, 0.29) is 17.4 Å². The zero-order valence-corrected chi connectivity index (χ0v) is 8.49. The second-order valence-corrected chi connectivity index (χ2v) is 5.18. The average molecular weight is 214 g/mol. The van der Waals surface area contributed by atoms with Crippen LogP contribution >= 0.6 is 0 Å². The molecule has 0 atom stereocenters. The van der Waals surface area contributed by atoms with E-state index in [1.54, 1.807) is 20.8 Å². The number of hydrogen-bond donors (Lipinski definition) is 0. The zero-order valence-electron chi connectivity index (χ0n) is 7.67. The van der Waals surface area contributed by atoms with Crippen molar-refractivity contribution in [3.8, 4) is 0 Å². The molecule has 0 fully saturated rings. The molecule has 0 spiro atoms. The lowest BCUT2D eigenvalue weighted by Crippen LogP contribution is -2.17. The Morgan fingerprint density at radius 2 is 1.85 bits per heavy atom. The first-order valence-electron chi connectivity index (χ1n) is 3.54. The third-order valence-electron chi connectivity index (χ3n) is 0.890. The van der Waals surface area contributed by atoms with Crippen molar-refractivity contribution >= 4 is 10.1 Å². The average Bonchev–Trinajstić information content (AvgIpc) is 1.79.